The molecule has 0 spiro atoms. The van der Waals surface area contributed by atoms with Crippen LogP contribution in [0.3, 0.4) is 0 Å². The SMILES string of the molecule is O=C(CN1CCCC(CNC(=O)C2CCCN2)C1)NCc1cccnc1. The number of carbonyl (C=O) groups is 2. The minimum Gasteiger partial charge on any atom is -0.354 e. The van der Waals surface area contributed by atoms with E-state index in [0.717, 1.165) is 50.9 Å². The lowest BCUT2D eigenvalue weighted by Gasteiger charge is -2.32. The maximum absolute atomic E-state index is 12.2. The van der Waals surface area contributed by atoms with Crippen molar-refractivity contribution in [3.05, 3.63) is 30.1 Å². The van der Waals surface area contributed by atoms with Crippen LogP contribution in [0.2, 0.25) is 0 Å². The Labute approximate surface area is 154 Å². The predicted molar refractivity (Wildman–Crippen MR) is 99.3 cm³/mol. The maximum atomic E-state index is 12.2. The van der Waals surface area contributed by atoms with Crippen molar-refractivity contribution in [3.8, 4) is 0 Å². The van der Waals surface area contributed by atoms with E-state index in [0.29, 0.717) is 25.6 Å². The van der Waals surface area contributed by atoms with Gasteiger partial charge < -0.3 is 16.0 Å². The number of pyridine rings is 1. The fourth-order valence-electron chi connectivity index (χ4n) is 3.70. The second-order valence-corrected chi connectivity index (χ2v) is 7.28. The maximum Gasteiger partial charge on any atom is 0.237 e. The average Bonchev–Trinajstić information content (AvgIpc) is 3.20. The quantitative estimate of drug-likeness (QED) is 0.651. The van der Waals surface area contributed by atoms with Crippen molar-refractivity contribution in [2.75, 3.05) is 32.7 Å². The molecule has 0 aromatic carbocycles. The van der Waals surface area contributed by atoms with Gasteiger partial charge in [0.15, 0.2) is 0 Å². The van der Waals surface area contributed by atoms with Crippen LogP contribution in [0.15, 0.2) is 24.5 Å². The summed E-state index contributed by atoms with van der Waals surface area (Å²) in [6.07, 6.45) is 7.66. The first kappa shape index (κ1) is 18.8. The second-order valence-electron chi connectivity index (χ2n) is 7.28. The third kappa shape index (κ3) is 5.78. The van der Waals surface area contributed by atoms with Crippen molar-refractivity contribution in [1.82, 2.24) is 25.8 Å². The van der Waals surface area contributed by atoms with Crippen LogP contribution in [0.4, 0.5) is 0 Å². The van der Waals surface area contributed by atoms with Gasteiger partial charge in [-0.05, 0) is 56.3 Å². The zero-order chi connectivity index (χ0) is 18.2. The van der Waals surface area contributed by atoms with E-state index in [1.165, 1.54) is 0 Å². The molecule has 0 aliphatic carbocycles. The van der Waals surface area contributed by atoms with Gasteiger partial charge in [-0.25, -0.2) is 0 Å². The fourth-order valence-corrected chi connectivity index (χ4v) is 3.70. The van der Waals surface area contributed by atoms with Crippen LogP contribution in [0.1, 0.15) is 31.2 Å². The van der Waals surface area contributed by atoms with E-state index < -0.39 is 0 Å². The van der Waals surface area contributed by atoms with Crippen LogP contribution in [0.5, 0.6) is 0 Å². The third-order valence-electron chi connectivity index (χ3n) is 5.12. The minimum absolute atomic E-state index is 0.0204. The first-order chi connectivity index (χ1) is 12.7. The molecule has 142 valence electrons. The zero-order valence-electron chi connectivity index (χ0n) is 15.2. The highest BCUT2D eigenvalue weighted by molar-refractivity contribution is 5.82. The normalized spacial score (nSPS) is 23.5. The summed E-state index contributed by atoms with van der Waals surface area (Å²) in [6.45, 7) is 4.35. The third-order valence-corrected chi connectivity index (χ3v) is 5.12. The Bertz CT molecular complexity index is 589. The van der Waals surface area contributed by atoms with E-state index >= 15 is 0 Å². The summed E-state index contributed by atoms with van der Waals surface area (Å²) in [6, 6.07) is 3.80. The fraction of sp³-hybridized carbons (Fsp3) is 0.632. The Morgan fingerprint density at radius 3 is 2.96 bits per heavy atom. The van der Waals surface area contributed by atoms with Gasteiger partial charge >= 0.3 is 0 Å². The molecule has 0 saturated carbocycles. The van der Waals surface area contributed by atoms with Gasteiger partial charge in [0.2, 0.25) is 11.8 Å². The lowest BCUT2D eigenvalue weighted by atomic mass is 9.98. The van der Waals surface area contributed by atoms with Gasteiger partial charge in [-0.1, -0.05) is 6.07 Å². The highest BCUT2D eigenvalue weighted by Gasteiger charge is 2.25. The van der Waals surface area contributed by atoms with Gasteiger partial charge in [0.25, 0.3) is 0 Å². The van der Waals surface area contributed by atoms with E-state index in [1.807, 2.05) is 12.1 Å². The first-order valence-electron chi connectivity index (χ1n) is 9.60. The molecule has 7 heteroatoms. The Balaban J connectivity index is 1.36. The molecule has 0 bridgehead atoms. The van der Waals surface area contributed by atoms with Crippen LogP contribution < -0.4 is 16.0 Å². The number of likely N-dealkylation sites (tertiary alicyclic amines) is 1. The smallest absolute Gasteiger partial charge is 0.237 e. The van der Waals surface area contributed by atoms with Crippen molar-refractivity contribution in [2.45, 2.75) is 38.3 Å². The van der Waals surface area contributed by atoms with Crippen LogP contribution in [0.25, 0.3) is 0 Å². The van der Waals surface area contributed by atoms with Crippen molar-refractivity contribution in [3.63, 3.8) is 0 Å². The summed E-state index contributed by atoms with van der Waals surface area (Å²) in [5.74, 6) is 0.572. The van der Waals surface area contributed by atoms with Gasteiger partial charge in [0, 0.05) is 32.0 Å². The number of nitrogens with one attached hydrogen (secondary N) is 3. The molecule has 2 saturated heterocycles. The molecule has 7 nitrogen and oxygen atoms in total. The highest BCUT2D eigenvalue weighted by Crippen LogP contribution is 2.15. The molecule has 2 aliphatic heterocycles. The van der Waals surface area contributed by atoms with Gasteiger partial charge in [0.1, 0.15) is 0 Å². The second kappa shape index (κ2) is 9.64. The molecule has 26 heavy (non-hydrogen) atoms. The molecule has 2 fully saturated rings. The standard InChI is InChI=1S/C19H29N5O2/c25-18(22-11-15-4-1-7-20-10-15)14-24-9-3-5-16(13-24)12-23-19(26)17-6-2-8-21-17/h1,4,7,10,16-17,21H,2-3,5-6,8-9,11-14H2,(H,22,25)(H,23,26). The van der Waals surface area contributed by atoms with Crippen LogP contribution in [-0.2, 0) is 16.1 Å². The van der Waals surface area contributed by atoms with Crippen LogP contribution in [0, 0.1) is 5.92 Å². The van der Waals surface area contributed by atoms with E-state index in [-0.39, 0.29) is 17.9 Å². The van der Waals surface area contributed by atoms with Crippen molar-refractivity contribution in [1.29, 1.82) is 0 Å². The lowest BCUT2D eigenvalue weighted by Crippen LogP contribution is -2.47. The molecule has 3 N–H and O–H groups in total. The first-order valence-corrected chi connectivity index (χ1v) is 9.60. The summed E-state index contributed by atoms with van der Waals surface area (Å²) >= 11 is 0. The molecule has 0 radical (unpaired) electrons. The Kier molecular flexibility index (Phi) is 6.96. The number of hydrogen-bond donors (Lipinski definition) is 3. The number of piperidine rings is 1. The van der Waals surface area contributed by atoms with Crippen molar-refractivity contribution >= 4 is 11.8 Å². The zero-order valence-corrected chi connectivity index (χ0v) is 15.2. The molecular weight excluding hydrogens is 330 g/mol. The van der Waals surface area contributed by atoms with E-state index in [9.17, 15) is 9.59 Å². The van der Waals surface area contributed by atoms with Crippen molar-refractivity contribution < 1.29 is 9.59 Å². The number of aromatic nitrogens is 1. The highest BCUT2D eigenvalue weighted by atomic mass is 16.2. The topological polar surface area (TPSA) is 86.4 Å². The van der Waals surface area contributed by atoms with Gasteiger partial charge in [-0.2, -0.15) is 0 Å². The number of amides is 2. The van der Waals surface area contributed by atoms with E-state index in [1.54, 1.807) is 12.4 Å². The summed E-state index contributed by atoms with van der Waals surface area (Å²) in [7, 11) is 0. The minimum atomic E-state index is -0.0204. The number of nitrogens with zero attached hydrogens (tertiary/aromatic N) is 2. The van der Waals surface area contributed by atoms with Crippen molar-refractivity contribution in [2.24, 2.45) is 5.92 Å². The Hall–Kier alpha value is -1.99. The summed E-state index contributed by atoms with van der Waals surface area (Å²) < 4.78 is 0. The van der Waals surface area contributed by atoms with E-state index in [4.69, 9.17) is 0 Å². The van der Waals surface area contributed by atoms with Crippen LogP contribution in [-0.4, -0.2) is 60.5 Å². The molecule has 1 aromatic heterocycles. The predicted octanol–water partition coefficient (Wildman–Crippen LogP) is 0.278. The summed E-state index contributed by atoms with van der Waals surface area (Å²) in [4.78, 5) is 30.5. The monoisotopic (exact) mass is 359 g/mol. The Morgan fingerprint density at radius 2 is 2.19 bits per heavy atom. The van der Waals surface area contributed by atoms with Crippen LogP contribution >= 0.6 is 0 Å². The van der Waals surface area contributed by atoms with E-state index in [2.05, 4.69) is 25.8 Å². The molecule has 2 unspecified atom stereocenters. The van der Waals surface area contributed by atoms with Gasteiger partial charge in [-0.15, -0.1) is 0 Å². The molecular formula is C19H29N5O2. The van der Waals surface area contributed by atoms with Gasteiger partial charge in [0.05, 0.1) is 12.6 Å². The summed E-state index contributed by atoms with van der Waals surface area (Å²) in [5.41, 5.74) is 1.00. The van der Waals surface area contributed by atoms with Gasteiger partial charge in [-0.3, -0.25) is 19.5 Å². The molecule has 1 aromatic rings. The average molecular weight is 359 g/mol. The molecule has 2 aliphatic rings. The Morgan fingerprint density at radius 1 is 1.27 bits per heavy atom. The number of hydrogen-bond acceptors (Lipinski definition) is 5. The summed E-state index contributed by atoms with van der Waals surface area (Å²) in [5, 5.41) is 9.26. The molecule has 2 atom stereocenters. The molecule has 3 heterocycles. The lowest BCUT2D eigenvalue weighted by molar-refractivity contribution is -0.124. The molecule has 2 amide bonds. The largest absolute Gasteiger partial charge is 0.354 e. The molecule has 3 rings (SSSR count). The number of carbonyl (C=O) groups excluding carboxylic acids is 2. The number of rotatable bonds is 7.